The maximum absolute atomic E-state index is 13.3. The van der Waals surface area contributed by atoms with Crippen molar-refractivity contribution in [3.8, 4) is 11.5 Å². The number of para-hydroxylation sites is 1. The largest absolute Gasteiger partial charge is 0.457 e. The molecule has 0 unspecified atom stereocenters. The van der Waals surface area contributed by atoms with Crippen LogP contribution in [0.15, 0.2) is 102 Å². The summed E-state index contributed by atoms with van der Waals surface area (Å²) < 4.78 is 33.9. The van der Waals surface area contributed by atoms with Crippen molar-refractivity contribution in [1.82, 2.24) is 4.72 Å². The van der Waals surface area contributed by atoms with Gasteiger partial charge in [0, 0.05) is 30.5 Å². The second-order valence-electron chi connectivity index (χ2n) is 8.62. The fraction of sp³-hybridized carbons (Fsp3) is 0.107. The molecular formula is C28H25ClN4O6S. The molecule has 2 amide bonds. The summed E-state index contributed by atoms with van der Waals surface area (Å²) in [5.74, 6) is 1.21. The number of anilines is 2. The number of nitro benzene ring substituents is 1. The minimum absolute atomic E-state index is 0.0501. The summed E-state index contributed by atoms with van der Waals surface area (Å²) >= 11 is 5.80. The molecule has 0 heterocycles. The maximum Gasteiger partial charge on any atom is 0.326 e. The maximum atomic E-state index is 13.3. The number of sulfonamides is 1. The van der Waals surface area contributed by atoms with Crippen molar-refractivity contribution in [2.24, 2.45) is 0 Å². The summed E-state index contributed by atoms with van der Waals surface area (Å²) in [5.41, 5.74) is 1.56. The van der Waals surface area contributed by atoms with Gasteiger partial charge < -0.3 is 10.1 Å². The minimum Gasteiger partial charge on any atom is -0.457 e. The lowest BCUT2D eigenvalue weighted by Crippen LogP contribution is -2.41. The van der Waals surface area contributed by atoms with E-state index in [0.29, 0.717) is 22.9 Å². The lowest BCUT2D eigenvalue weighted by atomic mass is 10.2. The van der Waals surface area contributed by atoms with E-state index in [0.717, 1.165) is 17.7 Å². The molecule has 4 aromatic carbocycles. The first-order valence-corrected chi connectivity index (χ1v) is 13.9. The number of nitro groups is 1. The number of halogens is 1. The van der Waals surface area contributed by atoms with Gasteiger partial charge in [0.25, 0.3) is 5.69 Å². The number of nitrogens with zero attached hydrogens (tertiary/aromatic N) is 2. The highest BCUT2D eigenvalue weighted by Crippen LogP contribution is 2.27. The van der Waals surface area contributed by atoms with Gasteiger partial charge in [-0.3, -0.25) is 15.0 Å². The van der Waals surface area contributed by atoms with Gasteiger partial charge in [-0.1, -0.05) is 47.5 Å². The Morgan fingerprint density at radius 2 is 1.60 bits per heavy atom. The van der Waals surface area contributed by atoms with Crippen LogP contribution in [0.3, 0.4) is 0 Å². The van der Waals surface area contributed by atoms with E-state index in [1.165, 1.54) is 11.0 Å². The van der Waals surface area contributed by atoms with E-state index >= 15 is 0 Å². The normalized spacial score (nSPS) is 11.1. The number of benzene rings is 4. The van der Waals surface area contributed by atoms with Gasteiger partial charge in [-0.15, -0.1) is 0 Å². The van der Waals surface area contributed by atoms with Gasteiger partial charge in [0.05, 0.1) is 9.82 Å². The van der Waals surface area contributed by atoms with Crippen LogP contribution in [0.1, 0.15) is 5.56 Å². The SMILES string of the molecule is Cc1ccc(NC(=O)N(CCNS(=O)(=O)c2ccc(Cl)c([N+](=O)[O-])c2)c2ccc(Oc3ccccc3)cc2)cc1. The van der Waals surface area contributed by atoms with Crippen molar-refractivity contribution in [2.75, 3.05) is 23.3 Å². The number of urea groups is 1. The first kappa shape index (κ1) is 28.6. The quantitative estimate of drug-likeness (QED) is 0.166. The van der Waals surface area contributed by atoms with Crippen LogP contribution in [0.5, 0.6) is 11.5 Å². The molecule has 0 bridgehead atoms. The zero-order chi connectivity index (χ0) is 28.7. The van der Waals surface area contributed by atoms with Crippen LogP contribution in [0.4, 0.5) is 21.9 Å². The molecule has 0 aliphatic rings. The third-order valence-corrected chi connectivity index (χ3v) is 7.51. The Balaban J connectivity index is 1.51. The predicted octanol–water partition coefficient (Wildman–Crippen LogP) is 6.37. The molecule has 4 aromatic rings. The van der Waals surface area contributed by atoms with Gasteiger partial charge in [-0.05, 0) is 67.6 Å². The second-order valence-corrected chi connectivity index (χ2v) is 10.8. The smallest absolute Gasteiger partial charge is 0.326 e. The first-order valence-electron chi connectivity index (χ1n) is 12.0. The summed E-state index contributed by atoms with van der Waals surface area (Å²) in [4.78, 5) is 24.7. The fourth-order valence-electron chi connectivity index (χ4n) is 3.67. The second kappa shape index (κ2) is 12.6. The molecule has 0 saturated carbocycles. The van der Waals surface area contributed by atoms with Gasteiger partial charge >= 0.3 is 6.03 Å². The number of hydrogen-bond acceptors (Lipinski definition) is 6. The van der Waals surface area contributed by atoms with Crippen molar-refractivity contribution in [2.45, 2.75) is 11.8 Å². The van der Waals surface area contributed by atoms with Crippen LogP contribution < -0.4 is 19.7 Å². The summed E-state index contributed by atoms with van der Waals surface area (Å²) in [6.45, 7) is 1.70. The van der Waals surface area contributed by atoms with E-state index in [-0.39, 0.29) is 23.0 Å². The molecule has 4 rings (SSSR count). The topological polar surface area (TPSA) is 131 Å². The van der Waals surface area contributed by atoms with Crippen molar-refractivity contribution in [1.29, 1.82) is 0 Å². The summed E-state index contributed by atoms with van der Waals surface area (Å²) in [5, 5.41) is 13.8. The Morgan fingerprint density at radius 1 is 0.950 bits per heavy atom. The van der Waals surface area contributed by atoms with Gasteiger partial charge in [-0.25, -0.2) is 17.9 Å². The van der Waals surface area contributed by atoms with Crippen LogP contribution in [0.25, 0.3) is 0 Å². The molecule has 0 atom stereocenters. The molecule has 206 valence electrons. The average Bonchev–Trinajstić information content (AvgIpc) is 2.93. The molecule has 0 aliphatic heterocycles. The standard InChI is InChI=1S/C28H25ClN4O6S/c1-20-7-9-21(10-8-20)31-28(34)32(22-11-13-24(14-12-22)39-23-5-3-2-4-6-23)18-17-30-40(37,38)25-15-16-26(29)27(19-25)33(35)36/h2-16,19,30H,17-18H2,1H3,(H,31,34). The molecule has 12 heteroatoms. The van der Waals surface area contributed by atoms with Crippen LogP contribution in [-0.4, -0.2) is 32.5 Å². The molecule has 2 N–H and O–H groups in total. The number of amides is 2. The van der Waals surface area contributed by atoms with Crippen LogP contribution >= 0.6 is 11.6 Å². The molecule has 0 saturated heterocycles. The average molecular weight is 581 g/mol. The Bertz CT molecular complexity index is 1600. The monoisotopic (exact) mass is 580 g/mol. The van der Waals surface area contributed by atoms with Crippen molar-refractivity contribution in [3.63, 3.8) is 0 Å². The number of carbonyl (C=O) groups is 1. The van der Waals surface area contributed by atoms with Gasteiger partial charge in [0.15, 0.2) is 0 Å². The summed E-state index contributed by atoms with van der Waals surface area (Å²) in [7, 11) is -4.13. The third kappa shape index (κ3) is 7.35. The van der Waals surface area contributed by atoms with Crippen molar-refractivity contribution in [3.05, 3.63) is 118 Å². The Morgan fingerprint density at radius 3 is 2.25 bits per heavy atom. The summed E-state index contributed by atoms with van der Waals surface area (Å²) in [6.07, 6.45) is 0. The number of hydrogen-bond donors (Lipinski definition) is 2. The summed E-state index contributed by atoms with van der Waals surface area (Å²) in [6, 6.07) is 25.9. The number of ether oxygens (including phenoxy) is 1. The van der Waals surface area contributed by atoms with E-state index in [2.05, 4.69) is 10.0 Å². The lowest BCUT2D eigenvalue weighted by molar-refractivity contribution is -0.384. The van der Waals surface area contributed by atoms with Crippen LogP contribution in [0.2, 0.25) is 5.02 Å². The number of rotatable bonds is 10. The van der Waals surface area contributed by atoms with Crippen molar-refractivity contribution >= 4 is 44.7 Å². The predicted molar refractivity (Wildman–Crippen MR) is 154 cm³/mol. The molecule has 0 fully saturated rings. The van der Waals surface area contributed by atoms with Gasteiger partial charge in [0.1, 0.15) is 16.5 Å². The molecule has 0 aliphatic carbocycles. The third-order valence-electron chi connectivity index (χ3n) is 5.73. The Kier molecular flexibility index (Phi) is 9.00. The van der Waals surface area contributed by atoms with E-state index in [1.807, 2.05) is 49.4 Å². The minimum atomic E-state index is -4.13. The zero-order valence-electron chi connectivity index (χ0n) is 21.3. The highest BCUT2D eigenvalue weighted by molar-refractivity contribution is 7.89. The number of carbonyl (C=O) groups excluding carboxylic acids is 1. The Hall–Kier alpha value is -4.45. The molecular weight excluding hydrogens is 556 g/mol. The first-order chi connectivity index (χ1) is 19.1. The number of aryl methyl sites for hydroxylation is 1. The highest BCUT2D eigenvalue weighted by atomic mass is 35.5. The van der Waals surface area contributed by atoms with Gasteiger partial charge in [-0.2, -0.15) is 0 Å². The molecule has 0 spiro atoms. The van der Waals surface area contributed by atoms with Crippen LogP contribution in [-0.2, 0) is 10.0 Å². The van der Waals surface area contributed by atoms with E-state index in [9.17, 15) is 23.3 Å². The number of nitrogens with one attached hydrogen (secondary N) is 2. The van der Waals surface area contributed by atoms with E-state index in [1.54, 1.807) is 36.4 Å². The molecule has 40 heavy (non-hydrogen) atoms. The molecule has 0 aromatic heterocycles. The molecule has 0 radical (unpaired) electrons. The van der Waals surface area contributed by atoms with Crippen LogP contribution in [0, 0.1) is 17.0 Å². The van der Waals surface area contributed by atoms with E-state index < -0.39 is 26.7 Å². The zero-order valence-corrected chi connectivity index (χ0v) is 22.9. The lowest BCUT2D eigenvalue weighted by Gasteiger charge is -2.24. The van der Waals surface area contributed by atoms with Crippen molar-refractivity contribution < 1.29 is 22.9 Å². The molecule has 10 nitrogen and oxygen atoms in total. The Labute approximate surface area is 236 Å². The van der Waals surface area contributed by atoms with Gasteiger partial charge in [0.2, 0.25) is 10.0 Å². The highest BCUT2D eigenvalue weighted by Gasteiger charge is 2.22. The van der Waals surface area contributed by atoms with E-state index in [4.69, 9.17) is 16.3 Å². The fourth-order valence-corrected chi connectivity index (χ4v) is 4.90.